The van der Waals surface area contributed by atoms with E-state index < -0.39 is 11.9 Å². The first-order valence-corrected chi connectivity index (χ1v) is 6.95. The molecule has 1 N–H and O–H groups in total. The number of anilines is 1. The first-order chi connectivity index (χ1) is 11.2. The summed E-state index contributed by atoms with van der Waals surface area (Å²) < 4.78 is 5.01. The molecule has 6 heteroatoms. The van der Waals surface area contributed by atoms with Gasteiger partial charge in [-0.25, -0.2) is 4.79 Å². The molecular weight excluding hydrogens is 294 g/mol. The van der Waals surface area contributed by atoms with Crippen molar-refractivity contribution in [2.75, 3.05) is 11.9 Å². The number of esters is 1. The Morgan fingerprint density at radius 3 is 2.48 bits per heavy atom. The number of hydrogen-bond acceptors (Lipinski definition) is 5. The molecule has 0 radical (unpaired) electrons. The van der Waals surface area contributed by atoms with Crippen LogP contribution in [-0.4, -0.2) is 28.5 Å². The minimum Gasteiger partial charge on any atom is -0.452 e. The van der Waals surface area contributed by atoms with Gasteiger partial charge in [0.05, 0.1) is 16.6 Å². The van der Waals surface area contributed by atoms with Gasteiger partial charge in [0, 0.05) is 18.1 Å². The van der Waals surface area contributed by atoms with Gasteiger partial charge in [0.15, 0.2) is 6.61 Å². The van der Waals surface area contributed by atoms with Gasteiger partial charge in [-0.1, -0.05) is 18.2 Å². The Hall–Kier alpha value is -3.28. The van der Waals surface area contributed by atoms with Gasteiger partial charge in [0.25, 0.3) is 5.91 Å². The molecule has 0 bridgehead atoms. The van der Waals surface area contributed by atoms with Crippen LogP contribution in [0, 0.1) is 0 Å². The van der Waals surface area contributed by atoms with Crippen molar-refractivity contribution in [2.24, 2.45) is 0 Å². The minimum absolute atomic E-state index is 0.325. The number of hydrogen-bond donors (Lipinski definition) is 1. The smallest absolute Gasteiger partial charge is 0.338 e. The van der Waals surface area contributed by atoms with Crippen LogP contribution in [-0.2, 0) is 9.53 Å². The zero-order valence-electron chi connectivity index (χ0n) is 12.1. The van der Waals surface area contributed by atoms with Crippen LogP contribution in [0.25, 0.3) is 11.0 Å². The molecule has 114 valence electrons. The molecule has 6 nitrogen and oxygen atoms in total. The number of fused-ring (bicyclic) bond motifs is 1. The first kappa shape index (κ1) is 14.6. The zero-order chi connectivity index (χ0) is 16.1. The highest BCUT2D eigenvalue weighted by Gasteiger charge is 2.11. The zero-order valence-corrected chi connectivity index (χ0v) is 12.1. The average Bonchev–Trinajstić information content (AvgIpc) is 2.60. The van der Waals surface area contributed by atoms with E-state index in [0.717, 1.165) is 0 Å². The van der Waals surface area contributed by atoms with Gasteiger partial charge in [-0.3, -0.25) is 14.8 Å². The van der Waals surface area contributed by atoms with E-state index in [-0.39, 0.29) is 6.61 Å². The van der Waals surface area contributed by atoms with Gasteiger partial charge in [-0.05, 0) is 30.3 Å². The lowest BCUT2D eigenvalue weighted by Gasteiger charge is -2.07. The van der Waals surface area contributed by atoms with E-state index in [9.17, 15) is 9.59 Å². The van der Waals surface area contributed by atoms with Crippen LogP contribution in [0.5, 0.6) is 0 Å². The second-order valence-electron chi connectivity index (χ2n) is 4.75. The van der Waals surface area contributed by atoms with Crippen LogP contribution in [0.4, 0.5) is 5.69 Å². The van der Waals surface area contributed by atoms with E-state index >= 15 is 0 Å². The average molecular weight is 307 g/mol. The van der Waals surface area contributed by atoms with E-state index in [0.29, 0.717) is 22.3 Å². The number of ether oxygens (including phenoxy) is 1. The largest absolute Gasteiger partial charge is 0.452 e. The lowest BCUT2D eigenvalue weighted by atomic mass is 10.2. The molecule has 1 heterocycles. The third kappa shape index (κ3) is 3.68. The number of carbonyl (C=O) groups excluding carboxylic acids is 2. The number of amides is 1. The van der Waals surface area contributed by atoms with Gasteiger partial charge in [0.1, 0.15) is 0 Å². The quantitative estimate of drug-likeness (QED) is 0.749. The fourth-order valence-corrected chi connectivity index (χ4v) is 2.02. The molecule has 2 aromatic carbocycles. The van der Waals surface area contributed by atoms with E-state index in [1.54, 1.807) is 54.9 Å². The van der Waals surface area contributed by atoms with Crippen molar-refractivity contribution < 1.29 is 14.3 Å². The number of carbonyl (C=O) groups is 2. The second-order valence-corrected chi connectivity index (χ2v) is 4.75. The van der Waals surface area contributed by atoms with Crippen LogP contribution < -0.4 is 5.32 Å². The van der Waals surface area contributed by atoms with Crippen molar-refractivity contribution in [3.63, 3.8) is 0 Å². The third-order valence-corrected chi connectivity index (χ3v) is 3.10. The van der Waals surface area contributed by atoms with Crippen LogP contribution in [0.3, 0.4) is 0 Å². The summed E-state index contributed by atoms with van der Waals surface area (Å²) in [6.45, 7) is -0.355. The Labute approximate surface area is 132 Å². The number of aromatic nitrogens is 2. The summed E-state index contributed by atoms with van der Waals surface area (Å²) in [5.41, 5.74) is 2.25. The summed E-state index contributed by atoms with van der Waals surface area (Å²) in [7, 11) is 0. The third-order valence-electron chi connectivity index (χ3n) is 3.10. The highest BCUT2D eigenvalue weighted by atomic mass is 16.5. The number of nitrogens with one attached hydrogen (secondary N) is 1. The molecule has 3 rings (SSSR count). The number of rotatable bonds is 4. The number of para-hydroxylation sites is 1. The summed E-state index contributed by atoms with van der Waals surface area (Å²) in [4.78, 5) is 32.0. The fourth-order valence-electron chi connectivity index (χ4n) is 2.02. The molecule has 0 fully saturated rings. The monoisotopic (exact) mass is 307 g/mol. The van der Waals surface area contributed by atoms with E-state index in [2.05, 4.69) is 15.3 Å². The van der Waals surface area contributed by atoms with Crippen LogP contribution >= 0.6 is 0 Å². The Kier molecular flexibility index (Phi) is 4.24. The molecule has 0 aliphatic rings. The number of nitrogens with zero attached hydrogens (tertiary/aromatic N) is 2. The Morgan fingerprint density at radius 2 is 1.70 bits per heavy atom. The van der Waals surface area contributed by atoms with E-state index in [4.69, 9.17) is 4.74 Å². The van der Waals surface area contributed by atoms with Crippen molar-refractivity contribution in [1.82, 2.24) is 9.97 Å². The van der Waals surface area contributed by atoms with Crippen molar-refractivity contribution in [2.45, 2.75) is 0 Å². The van der Waals surface area contributed by atoms with Gasteiger partial charge < -0.3 is 10.1 Å². The number of benzene rings is 2. The van der Waals surface area contributed by atoms with Gasteiger partial charge >= 0.3 is 5.97 Å². The molecule has 0 atom stereocenters. The standard InChI is InChI=1S/C17H13N3O3/c21-16(20-13-4-2-1-3-5-13)11-23-17(22)12-6-7-14-15(10-12)19-9-8-18-14/h1-10H,11H2,(H,20,21). The summed E-state index contributed by atoms with van der Waals surface area (Å²) in [5, 5.41) is 2.64. The van der Waals surface area contributed by atoms with E-state index in [1.165, 1.54) is 0 Å². The first-order valence-electron chi connectivity index (χ1n) is 6.95. The van der Waals surface area contributed by atoms with Gasteiger partial charge in [-0.15, -0.1) is 0 Å². The lowest BCUT2D eigenvalue weighted by molar-refractivity contribution is -0.119. The molecule has 0 saturated carbocycles. The summed E-state index contributed by atoms with van der Waals surface area (Å²) >= 11 is 0. The van der Waals surface area contributed by atoms with Crippen LogP contribution in [0.2, 0.25) is 0 Å². The Morgan fingerprint density at radius 1 is 0.957 bits per heavy atom. The SMILES string of the molecule is O=C(COC(=O)c1ccc2nccnc2c1)Nc1ccccc1. The lowest BCUT2D eigenvalue weighted by Crippen LogP contribution is -2.20. The highest BCUT2D eigenvalue weighted by molar-refractivity contribution is 5.97. The molecule has 23 heavy (non-hydrogen) atoms. The second kappa shape index (κ2) is 6.65. The normalized spacial score (nSPS) is 10.3. The highest BCUT2D eigenvalue weighted by Crippen LogP contribution is 2.12. The molecule has 0 spiro atoms. The maximum Gasteiger partial charge on any atom is 0.338 e. The molecule has 0 aliphatic heterocycles. The molecular formula is C17H13N3O3. The van der Waals surface area contributed by atoms with Gasteiger partial charge in [0.2, 0.25) is 0 Å². The molecule has 0 aliphatic carbocycles. The van der Waals surface area contributed by atoms with Crippen molar-refractivity contribution in [3.05, 3.63) is 66.5 Å². The molecule has 3 aromatic rings. The van der Waals surface area contributed by atoms with E-state index in [1.807, 2.05) is 6.07 Å². The predicted octanol–water partition coefficient (Wildman–Crippen LogP) is 2.43. The molecule has 0 unspecified atom stereocenters. The predicted molar refractivity (Wildman–Crippen MR) is 84.9 cm³/mol. The summed E-state index contributed by atoms with van der Waals surface area (Å²) in [5.74, 6) is -0.981. The van der Waals surface area contributed by atoms with Gasteiger partial charge in [-0.2, -0.15) is 0 Å². The minimum atomic E-state index is -0.583. The van der Waals surface area contributed by atoms with Crippen molar-refractivity contribution in [1.29, 1.82) is 0 Å². The maximum absolute atomic E-state index is 12.0. The van der Waals surface area contributed by atoms with Crippen LogP contribution in [0.15, 0.2) is 60.9 Å². The molecule has 1 aromatic heterocycles. The topological polar surface area (TPSA) is 81.2 Å². The maximum atomic E-state index is 12.0. The Bertz CT molecular complexity index is 850. The summed E-state index contributed by atoms with van der Waals surface area (Å²) in [6.07, 6.45) is 3.12. The molecule has 1 amide bonds. The molecule has 0 saturated heterocycles. The van der Waals surface area contributed by atoms with Crippen molar-refractivity contribution in [3.8, 4) is 0 Å². The Balaban J connectivity index is 1.61. The van der Waals surface area contributed by atoms with Crippen molar-refractivity contribution >= 4 is 28.6 Å². The summed E-state index contributed by atoms with van der Waals surface area (Å²) in [6, 6.07) is 13.8. The van der Waals surface area contributed by atoms with Crippen LogP contribution in [0.1, 0.15) is 10.4 Å². The fraction of sp³-hybridized carbons (Fsp3) is 0.0588.